The van der Waals surface area contributed by atoms with Gasteiger partial charge in [0.2, 0.25) is 0 Å². The first kappa shape index (κ1) is 11.3. The molecule has 1 rings (SSSR count). The molecule has 15 heavy (non-hydrogen) atoms. The van der Waals surface area contributed by atoms with Gasteiger partial charge < -0.3 is 10.1 Å². The molecule has 2 N–H and O–H groups in total. The number of halogens is 3. The fraction of sp³-hybridized carbons (Fsp3) is 0.250. The van der Waals surface area contributed by atoms with Crippen molar-refractivity contribution in [3.05, 3.63) is 33.5 Å². The van der Waals surface area contributed by atoms with E-state index in [1.165, 1.54) is 0 Å². The Balaban J connectivity index is 3.25. The molecule has 0 aromatic carbocycles. The molecule has 1 heterocycles. The molecular weight excluding hydrogens is 215 g/mol. The highest BCUT2D eigenvalue weighted by Crippen LogP contribution is 2.17. The van der Waals surface area contributed by atoms with Gasteiger partial charge in [0.05, 0.1) is 12.1 Å². The van der Waals surface area contributed by atoms with Gasteiger partial charge in [-0.3, -0.25) is 9.59 Å². The van der Waals surface area contributed by atoms with Gasteiger partial charge in [0, 0.05) is 5.56 Å². The minimum Gasteiger partial charge on any atom is -0.481 e. The largest absolute Gasteiger partial charge is 0.481 e. The molecule has 0 atom stereocenters. The maximum Gasteiger partial charge on any atom is 0.307 e. The number of aliphatic carboxylic acids is 1. The van der Waals surface area contributed by atoms with Crippen LogP contribution in [0.3, 0.4) is 0 Å². The van der Waals surface area contributed by atoms with E-state index in [1.54, 1.807) is 4.98 Å². The van der Waals surface area contributed by atoms with E-state index in [9.17, 15) is 22.8 Å². The molecule has 0 aliphatic heterocycles. The van der Waals surface area contributed by atoms with Crippen LogP contribution < -0.4 is 5.56 Å². The van der Waals surface area contributed by atoms with Crippen molar-refractivity contribution in [3.8, 4) is 0 Å². The number of pyridine rings is 1. The van der Waals surface area contributed by atoms with E-state index in [1.807, 2.05) is 0 Å². The maximum atomic E-state index is 13.0. The standard InChI is InChI=1S/C8H6F3NO3/c9-6-3(2-5(13)14)1-4(7(10)11)12-8(6)15/h1,7H,2H2,(H,12,15)(H,13,14). The zero-order valence-corrected chi connectivity index (χ0v) is 7.26. The van der Waals surface area contributed by atoms with E-state index in [-0.39, 0.29) is 0 Å². The summed E-state index contributed by atoms with van der Waals surface area (Å²) in [7, 11) is 0. The van der Waals surface area contributed by atoms with Gasteiger partial charge in [-0.1, -0.05) is 0 Å². The fourth-order valence-electron chi connectivity index (χ4n) is 1.03. The number of carbonyl (C=O) groups is 1. The first-order valence-corrected chi connectivity index (χ1v) is 3.83. The first-order chi connectivity index (χ1) is 6.91. The van der Waals surface area contributed by atoms with Gasteiger partial charge in [-0.25, -0.2) is 13.2 Å². The molecular formula is C8H6F3NO3. The zero-order chi connectivity index (χ0) is 11.6. The van der Waals surface area contributed by atoms with Crippen LogP contribution in [0.15, 0.2) is 10.9 Å². The number of alkyl halides is 2. The molecule has 1 aromatic heterocycles. The number of aromatic nitrogens is 1. The van der Waals surface area contributed by atoms with Crippen LogP contribution in [0, 0.1) is 5.82 Å². The van der Waals surface area contributed by atoms with E-state index >= 15 is 0 Å². The third-order valence-corrected chi connectivity index (χ3v) is 1.65. The van der Waals surface area contributed by atoms with Crippen molar-refractivity contribution in [3.63, 3.8) is 0 Å². The van der Waals surface area contributed by atoms with E-state index < -0.39 is 41.4 Å². The SMILES string of the molecule is O=C(O)Cc1cc(C(F)F)[nH]c(=O)c1F. The molecule has 0 saturated carbocycles. The molecule has 4 nitrogen and oxygen atoms in total. The van der Waals surface area contributed by atoms with Crippen molar-refractivity contribution < 1.29 is 23.1 Å². The average Bonchev–Trinajstić information content (AvgIpc) is 2.11. The van der Waals surface area contributed by atoms with Crippen LogP contribution in [0.4, 0.5) is 13.2 Å². The molecule has 0 unspecified atom stereocenters. The van der Waals surface area contributed by atoms with Crippen molar-refractivity contribution in [2.24, 2.45) is 0 Å². The Hall–Kier alpha value is -1.79. The predicted octanol–water partition coefficient (Wildman–Crippen LogP) is 1.08. The Kier molecular flexibility index (Phi) is 3.13. The summed E-state index contributed by atoms with van der Waals surface area (Å²) in [5.74, 6) is -2.75. The van der Waals surface area contributed by atoms with Crippen molar-refractivity contribution in [1.29, 1.82) is 0 Å². The molecule has 0 fully saturated rings. The smallest absolute Gasteiger partial charge is 0.307 e. The Morgan fingerprint density at radius 2 is 2.13 bits per heavy atom. The Morgan fingerprint density at radius 3 is 2.60 bits per heavy atom. The molecule has 82 valence electrons. The molecule has 0 saturated heterocycles. The summed E-state index contributed by atoms with van der Waals surface area (Å²) in [6.07, 6.45) is -3.79. The fourth-order valence-corrected chi connectivity index (χ4v) is 1.03. The minimum absolute atomic E-state index is 0.554. The summed E-state index contributed by atoms with van der Waals surface area (Å²) >= 11 is 0. The van der Waals surface area contributed by atoms with E-state index in [4.69, 9.17) is 5.11 Å². The third kappa shape index (κ3) is 2.58. The van der Waals surface area contributed by atoms with E-state index in [2.05, 4.69) is 0 Å². The number of aromatic amines is 1. The second-order valence-corrected chi connectivity index (χ2v) is 2.76. The molecule has 7 heteroatoms. The lowest BCUT2D eigenvalue weighted by molar-refractivity contribution is -0.136. The monoisotopic (exact) mass is 221 g/mol. The quantitative estimate of drug-likeness (QED) is 0.802. The first-order valence-electron chi connectivity index (χ1n) is 3.83. The van der Waals surface area contributed by atoms with Crippen LogP contribution in [0.2, 0.25) is 0 Å². The Labute approximate surface area is 81.4 Å². The van der Waals surface area contributed by atoms with E-state index in [0.29, 0.717) is 6.07 Å². The van der Waals surface area contributed by atoms with Crippen molar-refractivity contribution in [2.75, 3.05) is 0 Å². The molecule has 0 radical (unpaired) electrons. The van der Waals surface area contributed by atoms with E-state index in [0.717, 1.165) is 0 Å². The number of nitrogens with one attached hydrogen (secondary N) is 1. The summed E-state index contributed by atoms with van der Waals surface area (Å²) in [6.45, 7) is 0. The van der Waals surface area contributed by atoms with Gasteiger partial charge in [0.25, 0.3) is 12.0 Å². The van der Waals surface area contributed by atoms with Gasteiger partial charge in [-0.15, -0.1) is 0 Å². The van der Waals surface area contributed by atoms with Gasteiger partial charge in [-0.05, 0) is 6.07 Å². The van der Waals surface area contributed by atoms with Crippen LogP contribution in [0.1, 0.15) is 17.7 Å². The highest BCUT2D eigenvalue weighted by Gasteiger charge is 2.16. The molecule has 1 aromatic rings. The summed E-state index contributed by atoms with van der Waals surface area (Å²) in [6, 6.07) is 0.634. The lowest BCUT2D eigenvalue weighted by atomic mass is 10.1. The number of carboxylic acids is 1. The normalized spacial score (nSPS) is 10.7. The lowest BCUT2D eigenvalue weighted by Gasteiger charge is -2.03. The number of carboxylic acid groups (broad SMARTS) is 1. The predicted molar refractivity (Wildman–Crippen MR) is 43.3 cm³/mol. The number of hydrogen-bond acceptors (Lipinski definition) is 2. The van der Waals surface area contributed by atoms with Crippen LogP contribution in [-0.4, -0.2) is 16.1 Å². The van der Waals surface area contributed by atoms with Gasteiger partial charge >= 0.3 is 5.97 Å². The zero-order valence-electron chi connectivity index (χ0n) is 7.26. The Bertz CT molecular complexity index is 441. The second-order valence-electron chi connectivity index (χ2n) is 2.76. The second kappa shape index (κ2) is 4.16. The van der Waals surface area contributed by atoms with Crippen LogP contribution in [0.5, 0.6) is 0 Å². The van der Waals surface area contributed by atoms with Gasteiger partial charge in [-0.2, -0.15) is 0 Å². The lowest BCUT2D eigenvalue weighted by Crippen LogP contribution is -2.18. The maximum absolute atomic E-state index is 13.0. The number of hydrogen-bond donors (Lipinski definition) is 2. The van der Waals surface area contributed by atoms with Crippen LogP contribution in [0.25, 0.3) is 0 Å². The summed E-state index contributed by atoms with van der Waals surface area (Å²) < 4.78 is 37.3. The molecule has 0 amide bonds. The Morgan fingerprint density at radius 1 is 1.53 bits per heavy atom. The summed E-state index contributed by atoms with van der Waals surface area (Å²) in [5.41, 5.74) is -2.69. The average molecular weight is 221 g/mol. The van der Waals surface area contributed by atoms with Crippen molar-refractivity contribution in [2.45, 2.75) is 12.8 Å². The highest BCUT2D eigenvalue weighted by atomic mass is 19.3. The third-order valence-electron chi connectivity index (χ3n) is 1.65. The summed E-state index contributed by atoms with van der Waals surface area (Å²) in [5, 5.41) is 8.35. The molecule has 0 aliphatic carbocycles. The van der Waals surface area contributed by atoms with Gasteiger partial charge in [0.1, 0.15) is 0 Å². The molecule has 0 spiro atoms. The van der Waals surface area contributed by atoms with Crippen molar-refractivity contribution >= 4 is 5.97 Å². The minimum atomic E-state index is -2.98. The van der Waals surface area contributed by atoms with Gasteiger partial charge in [0.15, 0.2) is 5.82 Å². The molecule has 0 bridgehead atoms. The topological polar surface area (TPSA) is 70.2 Å². The number of H-pyrrole nitrogens is 1. The number of rotatable bonds is 3. The molecule has 0 aliphatic rings. The van der Waals surface area contributed by atoms with Crippen molar-refractivity contribution in [1.82, 2.24) is 4.98 Å². The highest BCUT2D eigenvalue weighted by molar-refractivity contribution is 5.70. The van der Waals surface area contributed by atoms with Crippen LogP contribution >= 0.6 is 0 Å². The summed E-state index contributed by atoms with van der Waals surface area (Å²) in [4.78, 5) is 22.7. The van der Waals surface area contributed by atoms with Crippen LogP contribution in [-0.2, 0) is 11.2 Å².